The van der Waals surface area contributed by atoms with Crippen molar-refractivity contribution in [1.29, 1.82) is 0 Å². The van der Waals surface area contributed by atoms with Crippen molar-refractivity contribution in [1.82, 2.24) is 5.43 Å². The molecule has 0 amide bonds. The van der Waals surface area contributed by atoms with Crippen LogP contribution >= 0.6 is 0 Å². The van der Waals surface area contributed by atoms with Crippen LogP contribution in [0.2, 0.25) is 0 Å². The summed E-state index contributed by atoms with van der Waals surface area (Å²) in [5.41, 5.74) is 3.92. The second-order valence-electron chi connectivity index (χ2n) is 4.60. The van der Waals surface area contributed by atoms with E-state index in [-0.39, 0.29) is 12.1 Å². The first-order valence-corrected chi connectivity index (χ1v) is 6.36. The molecule has 5 heteroatoms. The fraction of sp³-hybridized carbons (Fsp3) is 0.538. The zero-order valence-electron chi connectivity index (χ0n) is 10.2. The number of nitrogens with two attached hydrogens (primary N) is 1. The predicted molar refractivity (Wildman–Crippen MR) is 66.5 cm³/mol. The maximum absolute atomic E-state index is 5.69. The lowest BCUT2D eigenvalue weighted by molar-refractivity contribution is 0.0781. The average Bonchev–Trinajstić information content (AvgIpc) is 2.93. The number of hydrogen-bond donors (Lipinski definition) is 2. The molecule has 1 fully saturated rings. The molecule has 2 aliphatic rings. The molecule has 2 aliphatic heterocycles. The minimum absolute atomic E-state index is 0.00308. The first kappa shape index (κ1) is 11.8. The van der Waals surface area contributed by atoms with Crippen molar-refractivity contribution < 1.29 is 14.2 Å². The molecule has 1 saturated heterocycles. The Morgan fingerprint density at radius 2 is 2.00 bits per heavy atom. The SMILES string of the molecule is NNC(c1ccc2c(c1)OCCO2)C1CCCO1. The fourth-order valence-corrected chi connectivity index (χ4v) is 2.54. The third-order valence-electron chi connectivity index (χ3n) is 3.44. The van der Waals surface area contributed by atoms with Gasteiger partial charge in [-0.25, -0.2) is 0 Å². The molecule has 0 spiro atoms. The molecule has 0 saturated carbocycles. The van der Waals surface area contributed by atoms with E-state index in [1.165, 1.54) is 0 Å². The molecule has 1 aromatic rings. The summed E-state index contributed by atoms with van der Waals surface area (Å²) in [5, 5.41) is 0. The van der Waals surface area contributed by atoms with Crippen molar-refractivity contribution >= 4 is 0 Å². The van der Waals surface area contributed by atoms with Gasteiger partial charge in [-0.05, 0) is 30.5 Å². The highest BCUT2D eigenvalue weighted by Crippen LogP contribution is 2.35. The Kier molecular flexibility index (Phi) is 3.36. The van der Waals surface area contributed by atoms with Gasteiger partial charge in [-0.1, -0.05) is 6.07 Å². The molecule has 1 aromatic carbocycles. The Morgan fingerprint density at radius 1 is 1.17 bits per heavy atom. The van der Waals surface area contributed by atoms with Gasteiger partial charge < -0.3 is 14.2 Å². The van der Waals surface area contributed by atoms with Gasteiger partial charge in [-0.3, -0.25) is 11.3 Å². The summed E-state index contributed by atoms with van der Waals surface area (Å²) in [6.07, 6.45) is 2.26. The highest BCUT2D eigenvalue weighted by Gasteiger charge is 2.27. The first-order valence-electron chi connectivity index (χ1n) is 6.36. The molecule has 3 N–H and O–H groups in total. The quantitative estimate of drug-likeness (QED) is 0.622. The minimum atomic E-state index is 0.00308. The average molecular weight is 250 g/mol. The predicted octanol–water partition coefficient (Wildman–Crippen LogP) is 1.14. The van der Waals surface area contributed by atoms with Gasteiger partial charge in [0.1, 0.15) is 13.2 Å². The lowest BCUT2D eigenvalue weighted by Crippen LogP contribution is -2.36. The van der Waals surface area contributed by atoms with E-state index < -0.39 is 0 Å². The van der Waals surface area contributed by atoms with Crippen LogP contribution in [0.15, 0.2) is 18.2 Å². The summed E-state index contributed by atoms with van der Waals surface area (Å²) in [6, 6.07) is 5.94. The maximum Gasteiger partial charge on any atom is 0.161 e. The van der Waals surface area contributed by atoms with Crippen LogP contribution in [0.1, 0.15) is 24.4 Å². The summed E-state index contributed by atoms with van der Waals surface area (Å²) in [5.74, 6) is 7.25. The van der Waals surface area contributed by atoms with Crippen LogP contribution in [0, 0.1) is 0 Å². The van der Waals surface area contributed by atoms with Gasteiger partial charge in [0.2, 0.25) is 0 Å². The van der Waals surface area contributed by atoms with Crippen molar-refractivity contribution in [3.8, 4) is 11.5 Å². The number of ether oxygens (including phenoxy) is 3. The highest BCUT2D eigenvalue weighted by atomic mass is 16.6. The smallest absolute Gasteiger partial charge is 0.161 e. The molecule has 2 unspecified atom stereocenters. The van der Waals surface area contributed by atoms with E-state index in [1.807, 2.05) is 18.2 Å². The number of hydrogen-bond acceptors (Lipinski definition) is 5. The highest BCUT2D eigenvalue weighted by molar-refractivity contribution is 5.44. The Hall–Kier alpha value is -1.30. The van der Waals surface area contributed by atoms with Crippen molar-refractivity contribution in [3.63, 3.8) is 0 Å². The van der Waals surface area contributed by atoms with Gasteiger partial charge in [0, 0.05) is 6.61 Å². The van der Waals surface area contributed by atoms with Crippen LogP contribution in [-0.2, 0) is 4.74 Å². The van der Waals surface area contributed by atoms with Crippen molar-refractivity contribution in [2.75, 3.05) is 19.8 Å². The Balaban J connectivity index is 1.85. The number of rotatable bonds is 3. The monoisotopic (exact) mass is 250 g/mol. The van der Waals surface area contributed by atoms with Crippen LogP contribution in [0.3, 0.4) is 0 Å². The molecule has 0 radical (unpaired) electrons. The van der Waals surface area contributed by atoms with Crippen molar-refractivity contribution in [3.05, 3.63) is 23.8 Å². The molecule has 2 heterocycles. The number of nitrogens with one attached hydrogen (secondary N) is 1. The van der Waals surface area contributed by atoms with Gasteiger partial charge in [-0.15, -0.1) is 0 Å². The fourth-order valence-electron chi connectivity index (χ4n) is 2.54. The number of hydrazine groups is 1. The van der Waals surface area contributed by atoms with Crippen LogP contribution in [0.25, 0.3) is 0 Å². The van der Waals surface area contributed by atoms with E-state index in [0.717, 1.165) is 36.5 Å². The van der Waals surface area contributed by atoms with E-state index in [0.29, 0.717) is 13.2 Å². The van der Waals surface area contributed by atoms with Crippen LogP contribution in [-0.4, -0.2) is 25.9 Å². The van der Waals surface area contributed by atoms with Crippen LogP contribution < -0.4 is 20.7 Å². The Morgan fingerprint density at radius 3 is 2.72 bits per heavy atom. The normalized spacial score (nSPS) is 23.9. The molecular weight excluding hydrogens is 232 g/mol. The van der Waals surface area contributed by atoms with Crippen LogP contribution in [0.5, 0.6) is 11.5 Å². The minimum Gasteiger partial charge on any atom is -0.486 e. The zero-order chi connectivity index (χ0) is 12.4. The topological polar surface area (TPSA) is 65.7 Å². The van der Waals surface area contributed by atoms with E-state index >= 15 is 0 Å². The van der Waals surface area contributed by atoms with Gasteiger partial charge in [0.25, 0.3) is 0 Å². The van der Waals surface area contributed by atoms with Gasteiger partial charge in [0.15, 0.2) is 11.5 Å². The largest absolute Gasteiger partial charge is 0.486 e. The van der Waals surface area contributed by atoms with Crippen molar-refractivity contribution in [2.24, 2.45) is 5.84 Å². The number of benzene rings is 1. The summed E-state index contributed by atoms with van der Waals surface area (Å²) >= 11 is 0. The third kappa shape index (κ3) is 2.16. The zero-order valence-corrected chi connectivity index (χ0v) is 10.2. The molecule has 98 valence electrons. The number of fused-ring (bicyclic) bond motifs is 1. The van der Waals surface area contributed by atoms with Crippen LogP contribution in [0.4, 0.5) is 0 Å². The lowest BCUT2D eigenvalue weighted by Gasteiger charge is -2.25. The summed E-state index contributed by atoms with van der Waals surface area (Å²) in [4.78, 5) is 0. The summed E-state index contributed by atoms with van der Waals surface area (Å²) < 4.78 is 16.8. The lowest BCUT2D eigenvalue weighted by atomic mass is 9.99. The maximum atomic E-state index is 5.69. The summed E-state index contributed by atoms with van der Waals surface area (Å²) in [7, 11) is 0. The Labute approximate surface area is 106 Å². The Bertz CT molecular complexity index is 419. The molecule has 18 heavy (non-hydrogen) atoms. The molecule has 3 rings (SSSR count). The molecule has 0 bridgehead atoms. The second kappa shape index (κ2) is 5.14. The third-order valence-corrected chi connectivity index (χ3v) is 3.44. The molecular formula is C13H18N2O3. The molecule has 5 nitrogen and oxygen atoms in total. The van der Waals surface area contributed by atoms with E-state index in [4.69, 9.17) is 20.1 Å². The standard InChI is InChI=1S/C13H18N2O3/c14-15-13(11-2-1-5-16-11)9-3-4-10-12(8-9)18-7-6-17-10/h3-4,8,11,13,15H,1-2,5-7,14H2. The second-order valence-corrected chi connectivity index (χ2v) is 4.60. The molecule has 0 aliphatic carbocycles. The van der Waals surface area contributed by atoms with Gasteiger partial charge in [0.05, 0.1) is 12.1 Å². The van der Waals surface area contributed by atoms with E-state index in [1.54, 1.807) is 0 Å². The first-order chi connectivity index (χ1) is 8.88. The molecule has 0 aromatic heterocycles. The molecule has 2 atom stereocenters. The van der Waals surface area contributed by atoms with Gasteiger partial charge >= 0.3 is 0 Å². The van der Waals surface area contributed by atoms with Gasteiger partial charge in [-0.2, -0.15) is 0 Å². The van der Waals surface area contributed by atoms with E-state index in [9.17, 15) is 0 Å². The van der Waals surface area contributed by atoms with E-state index in [2.05, 4.69) is 5.43 Å². The van der Waals surface area contributed by atoms with Crippen molar-refractivity contribution in [2.45, 2.75) is 25.0 Å². The summed E-state index contributed by atoms with van der Waals surface area (Å²) in [6.45, 7) is 2.02.